The van der Waals surface area contributed by atoms with Crippen molar-refractivity contribution >= 4 is 11.8 Å². The molecular weight excluding hydrogens is 204 g/mol. The zero-order valence-corrected chi connectivity index (χ0v) is 10.2. The number of piperidine rings is 1. The van der Waals surface area contributed by atoms with Crippen molar-refractivity contribution in [1.82, 2.24) is 4.90 Å². The number of carbonyl (C=O) groups is 2. The molecule has 1 unspecified atom stereocenters. The first kappa shape index (κ1) is 13.0. The van der Waals surface area contributed by atoms with Crippen LogP contribution in [0.5, 0.6) is 0 Å². The Kier molecular flexibility index (Phi) is 4.77. The van der Waals surface area contributed by atoms with Gasteiger partial charge in [-0.05, 0) is 25.7 Å². The molecule has 0 saturated carbocycles. The van der Waals surface area contributed by atoms with Crippen molar-refractivity contribution in [2.24, 2.45) is 17.6 Å². The Morgan fingerprint density at radius 2 is 2.00 bits per heavy atom. The summed E-state index contributed by atoms with van der Waals surface area (Å²) in [5.74, 6) is -0.128. The van der Waals surface area contributed by atoms with Gasteiger partial charge in [-0.3, -0.25) is 9.59 Å². The van der Waals surface area contributed by atoms with Crippen LogP contribution in [0.3, 0.4) is 0 Å². The van der Waals surface area contributed by atoms with Gasteiger partial charge in [0.2, 0.25) is 11.8 Å². The Morgan fingerprint density at radius 3 is 2.50 bits per heavy atom. The number of amides is 2. The minimum absolute atomic E-state index is 0.103. The van der Waals surface area contributed by atoms with Crippen LogP contribution in [0.2, 0.25) is 0 Å². The molecule has 0 aromatic carbocycles. The molecular formula is C12H22N2O2. The summed E-state index contributed by atoms with van der Waals surface area (Å²) in [6.07, 6.45) is 3.45. The highest BCUT2D eigenvalue weighted by Crippen LogP contribution is 2.20. The second-order valence-corrected chi connectivity index (χ2v) is 4.54. The van der Waals surface area contributed by atoms with Crippen LogP contribution in [-0.4, -0.2) is 29.8 Å². The predicted octanol–water partition coefficient (Wildman–Crippen LogP) is 1.15. The molecule has 1 atom stereocenters. The summed E-state index contributed by atoms with van der Waals surface area (Å²) in [7, 11) is 0. The first-order valence-corrected chi connectivity index (χ1v) is 6.18. The molecule has 0 aromatic heterocycles. The van der Waals surface area contributed by atoms with E-state index in [2.05, 4.69) is 0 Å². The van der Waals surface area contributed by atoms with Crippen LogP contribution in [0.1, 0.15) is 39.5 Å². The number of rotatable bonds is 4. The number of carbonyl (C=O) groups excluding carboxylic acids is 2. The molecule has 0 radical (unpaired) electrons. The summed E-state index contributed by atoms with van der Waals surface area (Å²) >= 11 is 0. The lowest BCUT2D eigenvalue weighted by molar-refractivity contribution is -0.139. The molecule has 1 aliphatic heterocycles. The largest absolute Gasteiger partial charge is 0.369 e. The third-order valence-electron chi connectivity index (χ3n) is 3.47. The van der Waals surface area contributed by atoms with Crippen molar-refractivity contribution in [3.63, 3.8) is 0 Å². The Labute approximate surface area is 97.2 Å². The van der Waals surface area contributed by atoms with E-state index >= 15 is 0 Å². The summed E-state index contributed by atoms with van der Waals surface area (Å²) in [5, 5.41) is 0. The molecule has 0 aromatic rings. The fourth-order valence-corrected chi connectivity index (χ4v) is 2.31. The zero-order valence-electron chi connectivity index (χ0n) is 10.2. The van der Waals surface area contributed by atoms with E-state index < -0.39 is 0 Å². The van der Waals surface area contributed by atoms with Crippen molar-refractivity contribution in [2.45, 2.75) is 39.5 Å². The van der Waals surface area contributed by atoms with E-state index in [0.29, 0.717) is 6.54 Å². The van der Waals surface area contributed by atoms with E-state index in [1.54, 1.807) is 0 Å². The fraction of sp³-hybridized carbons (Fsp3) is 0.833. The van der Waals surface area contributed by atoms with Crippen LogP contribution in [-0.2, 0) is 9.59 Å². The molecule has 0 bridgehead atoms. The minimum Gasteiger partial charge on any atom is -0.369 e. The second-order valence-electron chi connectivity index (χ2n) is 4.54. The number of nitrogens with zero attached hydrogens (tertiary/aromatic N) is 1. The van der Waals surface area contributed by atoms with E-state index in [1.807, 2.05) is 18.7 Å². The summed E-state index contributed by atoms with van der Waals surface area (Å²) < 4.78 is 0. The third-order valence-corrected chi connectivity index (χ3v) is 3.47. The molecule has 1 saturated heterocycles. The average molecular weight is 226 g/mol. The van der Waals surface area contributed by atoms with E-state index in [1.165, 1.54) is 0 Å². The topological polar surface area (TPSA) is 63.4 Å². The van der Waals surface area contributed by atoms with Crippen LogP contribution in [0.25, 0.3) is 0 Å². The van der Waals surface area contributed by atoms with Crippen LogP contribution in [0.4, 0.5) is 0 Å². The Hall–Kier alpha value is -1.06. The van der Waals surface area contributed by atoms with E-state index in [4.69, 9.17) is 5.73 Å². The molecule has 4 heteroatoms. The van der Waals surface area contributed by atoms with Gasteiger partial charge in [-0.1, -0.05) is 13.8 Å². The van der Waals surface area contributed by atoms with E-state index in [-0.39, 0.29) is 23.7 Å². The fourth-order valence-electron chi connectivity index (χ4n) is 2.31. The maximum absolute atomic E-state index is 12.1. The maximum Gasteiger partial charge on any atom is 0.225 e. The lowest BCUT2D eigenvalue weighted by Gasteiger charge is -2.33. The second kappa shape index (κ2) is 5.87. The molecule has 4 nitrogen and oxygen atoms in total. The van der Waals surface area contributed by atoms with Gasteiger partial charge >= 0.3 is 0 Å². The van der Waals surface area contributed by atoms with Gasteiger partial charge in [0.15, 0.2) is 0 Å². The van der Waals surface area contributed by atoms with Gasteiger partial charge in [0.25, 0.3) is 0 Å². The summed E-state index contributed by atoms with van der Waals surface area (Å²) in [5.41, 5.74) is 5.29. The Balaban J connectivity index is 2.59. The number of primary amides is 1. The van der Waals surface area contributed by atoms with Crippen LogP contribution in [0.15, 0.2) is 0 Å². The third kappa shape index (κ3) is 2.97. The monoisotopic (exact) mass is 226 g/mol. The van der Waals surface area contributed by atoms with Crippen molar-refractivity contribution in [1.29, 1.82) is 0 Å². The number of hydrogen-bond donors (Lipinski definition) is 1. The van der Waals surface area contributed by atoms with Gasteiger partial charge in [-0.25, -0.2) is 0 Å². The molecule has 1 heterocycles. The molecule has 1 fully saturated rings. The van der Waals surface area contributed by atoms with E-state index in [9.17, 15) is 9.59 Å². The SMILES string of the molecule is CCC(CC)C(=O)N1CCCC(C(N)=O)C1. The van der Waals surface area contributed by atoms with Gasteiger partial charge in [0.05, 0.1) is 5.92 Å². The van der Waals surface area contributed by atoms with E-state index in [0.717, 1.165) is 32.2 Å². The molecule has 0 spiro atoms. The Morgan fingerprint density at radius 1 is 1.38 bits per heavy atom. The van der Waals surface area contributed by atoms with Crippen molar-refractivity contribution in [2.75, 3.05) is 13.1 Å². The Bertz CT molecular complexity index is 262. The normalized spacial score (nSPS) is 21.2. The highest BCUT2D eigenvalue weighted by Gasteiger charge is 2.29. The highest BCUT2D eigenvalue weighted by molar-refractivity contribution is 5.81. The molecule has 1 aliphatic rings. The minimum atomic E-state index is -0.276. The van der Waals surface area contributed by atoms with Gasteiger partial charge in [0, 0.05) is 19.0 Å². The number of nitrogens with two attached hydrogens (primary N) is 1. The number of hydrogen-bond acceptors (Lipinski definition) is 2. The van der Waals surface area contributed by atoms with Crippen molar-refractivity contribution in [3.8, 4) is 0 Å². The van der Waals surface area contributed by atoms with Crippen LogP contribution >= 0.6 is 0 Å². The zero-order chi connectivity index (χ0) is 12.1. The molecule has 2 amide bonds. The molecule has 1 rings (SSSR count). The summed E-state index contributed by atoms with van der Waals surface area (Å²) in [6.45, 7) is 5.35. The number of likely N-dealkylation sites (tertiary alicyclic amines) is 1. The van der Waals surface area contributed by atoms with Crippen LogP contribution < -0.4 is 5.73 Å². The lowest BCUT2D eigenvalue weighted by Crippen LogP contribution is -2.46. The molecule has 2 N–H and O–H groups in total. The molecule has 0 aliphatic carbocycles. The van der Waals surface area contributed by atoms with Gasteiger partial charge < -0.3 is 10.6 Å². The van der Waals surface area contributed by atoms with Gasteiger partial charge in [0.1, 0.15) is 0 Å². The smallest absolute Gasteiger partial charge is 0.225 e. The van der Waals surface area contributed by atoms with Crippen molar-refractivity contribution in [3.05, 3.63) is 0 Å². The lowest BCUT2D eigenvalue weighted by atomic mass is 9.94. The van der Waals surface area contributed by atoms with Crippen LogP contribution in [0, 0.1) is 11.8 Å². The molecule has 16 heavy (non-hydrogen) atoms. The standard InChI is InChI=1S/C12H22N2O2/c1-3-9(4-2)12(16)14-7-5-6-10(8-14)11(13)15/h9-10H,3-8H2,1-2H3,(H2,13,15). The maximum atomic E-state index is 12.1. The van der Waals surface area contributed by atoms with Crippen molar-refractivity contribution < 1.29 is 9.59 Å². The first-order valence-electron chi connectivity index (χ1n) is 6.18. The highest BCUT2D eigenvalue weighted by atomic mass is 16.2. The summed E-state index contributed by atoms with van der Waals surface area (Å²) in [4.78, 5) is 25.0. The van der Waals surface area contributed by atoms with Gasteiger partial charge in [-0.2, -0.15) is 0 Å². The summed E-state index contributed by atoms with van der Waals surface area (Å²) in [6, 6.07) is 0. The van der Waals surface area contributed by atoms with Gasteiger partial charge in [-0.15, -0.1) is 0 Å². The quantitative estimate of drug-likeness (QED) is 0.781. The predicted molar refractivity (Wildman–Crippen MR) is 62.6 cm³/mol. The first-order chi connectivity index (χ1) is 7.60. The molecule has 92 valence electrons. The average Bonchev–Trinajstić information content (AvgIpc) is 2.30.